The SMILES string of the molecule is CCC1(CC)ON1C1CCCCC1. The van der Waals surface area contributed by atoms with Crippen LogP contribution in [0.5, 0.6) is 0 Å². The van der Waals surface area contributed by atoms with Crippen molar-refractivity contribution in [2.24, 2.45) is 0 Å². The average Bonchev–Trinajstić information content (AvgIpc) is 2.95. The normalized spacial score (nSPS) is 33.2. The molecule has 1 saturated carbocycles. The predicted octanol–water partition coefficient (Wildman–Crippen LogP) is 3.08. The molecule has 1 aliphatic carbocycles. The number of nitrogens with zero attached hydrogens (tertiary/aromatic N) is 1. The molecule has 1 heterocycles. The lowest BCUT2D eigenvalue weighted by Gasteiger charge is -2.22. The van der Waals surface area contributed by atoms with E-state index in [2.05, 4.69) is 18.9 Å². The summed E-state index contributed by atoms with van der Waals surface area (Å²) in [4.78, 5) is 5.78. The van der Waals surface area contributed by atoms with Gasteiger partial charge < -0.3 is 0 Å². The van der Waals surface area contributed by atoms with Gasteiger partial charge in [0.05, 0.1) is 0 Å². The molecule has 0 radical (unpaired) electrons. The molecule has 1 atom stereocenters. The maximum Gasteiger partial charge on any atom is 0.164 e. The van der Waals surface area contributed by atoms with E-state index in [0.29, 0.717) is 0 Å². The molecule has 2 nitrogen and oxygen atoms in total. The molecule has 1 saturated heterocycles. The summed E-state index contributed by atoms with van der Waals surface area (Å²) in [5, 5.41) is 2.28. The van der Waals surface area contributed by atoms with Crippen molar-refractivity contribution in [3.05, 3.63) is 0 Å². The molecule has 13 heavy (non-hydrogen) atoms. The van der Waals surface area contributed by atoms with Crippen molar-refractivity contribution in [1.29, 1.82) is 0 Å². The molecule has 0 aromatic carbocycles. The molecule has 0 amide bonds. The van der Waals surface area contributed by atoms with Crippen LogP contribution in [0.4, 0.5) is 0 Å². The summed E-state index contributed by atoms with van der Waals surface area (Å²) < 4.78 is 0. The van der Waals surface area contributed by atoms with E-state index >= 15 is 0 Å². The molecule has 2 rings (SSSR count). The molecule has 0 bridgehead atoms. The Balaban J connectivity index is 1.89. The van der Waals surface area contributed by atoms with Gasteiger partial charge in [0.2, 0.25) is 0 Å². The molecule has 0 aromatic heterocycles. The van der Waals surface area contributed by atoms with Gasteiger partial charge in [0.25, 0.3) is 0 Å². The van der Waals surface area contributed by atoms with E-state index in [1.165, 1.54) is 32.1 Å². The zero-order valence-electron chi connectivity index (χ0n) is 8.88. The predicted molar refractivity (Wildman–Crippen MR) is 53.1 cm³/mol. The molecule has 0 spiro atoms. The molecule has 2 heteroatoms. The minimum absolute atomic E-state index is 0.141. The second kappa shape index (κ2) is 3.58. The van der Waals surface area contributed by atoms with Gasteiger partial charge in [0, 0.05) is 6.04 Å². The minimum Gasteiger partial charge on any atom is -0.271 e. The summed E-state index contributed by atoms with van der Waals surface area (Å²) in [6.45, 7) is 4.46. The fraction of sp³-hybridized carbons (Fsp3) is 1.00. The second-order valence-electron chi connectivity index (χ2n) is 4.36. The van der Waals surface area contributed by atoms with Crippen LogP contribution in [0.2, 0.25) is 0 Å². The third-order valence-electron chi connectivity index (χ3n) is 3.65. The zero-order valence-corrected chi connectivity index (χ0v) is 8.88. The van der Waals surface area contributed by atoms with Crippen LogP contribution in [0.3, 0.4) is 0 Å². The Labute approximate surface area is 81.2 Å². The van der Waals surface area contributed by atoms with E-state index in [9.17, 15) is 0 Å². The Morgan fingerprint density at radius 3 is 2.23 bits per heavy atom. The van der Waals surface area contributed by atoms with Crippen LogP contribution in [0, 0.1) is 0 Å². The van der Waals surface area contributed by atoms with Crippen molar-refractivity contribution < 1.29 is 4.84 Å². The van der Waals surface area contributed by atoms with Crippen molar-refractivity contribution in [3.8, 4) is 0 Å². The van der Waals surface area contributed by atoms with Crippen LogP contribution in [0.15, 0.2) is 0 Å². The van der Waals surface area contributed by atoms with Crippen molar-refractivity contribution in [3.63, 3.8) is 0 Å². The molecular weight excluding hydrogens is 162 g/mol. The monoisotopic (exact) mass is 183 g/mol. The summed E-state index contributed by atoms with van der Waals surface area (Å²) in [6.07, 6.45) is 9.20. The first-order valence-corrected chi connectivity index (χ1v) is 5.81. The summed E-state index contributed by atoms with van der Waals surface area (Å²) in [6, 6.07) is 0.730. The average molecular weight is 183 g/mol. The molecule has 2 fully saturated rings. The van der Waals surface area contributed by atoms with Gasteiger partial charge in [-0.1, -0.05) is 33.1 Å². The first-order valence-electron chi connectivity index (χ1n) is 5.81. The topological polar surface area (TPSA) is 15.5 Å². The summed E-state index contributed by atoms with van der Waals surface area (Å²) >= 11 is 0. The van der Waals surface area contributed by atoms with Gasteiger partial charge in [0.15, 0.2) is 5.72 Å². The fourth-order valence-corrected chi connectivity index (χ4v) is 2.58. The highest BCUT2D eigenvalue weighted by Gasteiger charge is 2.55. The smallest absolute Gasteiger partial charge is 0.164 e. The van der Waals surface area contributed by atoms with E-state index in [1.54, 1.807) is 0 Å². The van der Waals surface area contributed by atoms with E-state index in [4.69, 9.17) is 4.84 Å². The molecule has 1 aliphatic heterocycles. The molecule has 76 valence electrons. The van der Waals surface area contributed by atoms with Crippen molar-refractivity contribution in [2.75, 3.05) is 0 Å². The highest BCUT2D eigenvalue weighted by Crippen LogP contribution is 2.45. The van der Waals surface area contributed by atoms with Gasteiger partial charge in [-0.3, -0.25) is 4.84 Å². The fourth-order valence-electron chi connectivity index (χ4n) is 2.58. The van der Waals surface area contributed by atoms with E-state index in [0.717, 1.165) is 18.9 Å². The minimum atomic E-state index is 0.141. The van der Waals surface area contributed by atoms with Gasteiger partial charge in [-0.05, 0) is 25.7 Å². The summed E-state index contributed by atoms with van der Waals surface area (Å²) in [5.74, 6) is 0. The first kappa shape index (κ1) is 9.47. The Morgan fingerprint density at radius 1 is 1.15 bits per heavy atom. The number of hydrogen-bond acceptors (Lipinski definition) is 2. The van der Waals surface area contributed by atoms with Crippen molar-refractivity contribution in [1.82, 2.24) is 5.06 Å². The van der Waals surface area contributed by atoms with Crippen LogP contribution in [-0.2, 0) is 4.84 Å². The van der Waals surface area contributed by atoms with Crippen molar-refractivity contribution >= 4 is 0 Å². The highest BCUT2D eigenvalue weighted by molar-refractivity contribution is 4.90. The summed E-state index contributed by atoms with van der Waals surface area (Å²) in [7, 11) is 0. The quantitative estimate of drug-likeness (QED) is 0.625. The lowest BCUT2D eigenvalue weighted by atomic mass is 9.94. The Kier molecular flexibility index (Phi) is 2.61. The molecular formula is C11H21NO. The van der Waals surface area contributed by atoms with Gasteiger partial charge >= 0.3 is 0 Å². The summed E-state index contributed by atoms with van der Waals surface area (Å²) in [5.41, 5.74) is 0.141. The Bertz CT molecular complexity index is 171. The first-order chi connectivity index (χ1) is 6.32. The van der Waals surface area contributed by atoms with Crippen LogP contribution in [-0.4, -0.2) is 16.8 Å². The maximum atomic E-state index is 5.78. The number of rotatable bonds is 3. The van der Waals surface area contributed by atoms with E-state index in [-0.39, 0.29) is 5.72 Å². The highest BCUT2D eigenvalue weighted by atomic mass is 16.9. The second-order valence-corrected chi connectivity index (χ2v) is 4.36. The zero-order chi connectivity index (χ0) is 9.31. The van der Waals surface area contributed by atoms with E-state index in [1.807, 2.05) is 0 Å². The third-order valence-corrected chi connectivity index (χ3v) is 3.65. The third kappa shape index (κ3) is 1.62. The van der Waals surface area contributed by atoms with Crippen LogP contribution >= 0.6 is 0 Å². The Hall–Kier alpha value is -0.0800. The molecule has 0 aromatic rings. The van der Waals surface area contributed by atoms with Gasteiger partial charge in [-0.2, -0.15) is 5.06 Å². The van der Waals surface area contributed by atoms with E-state index < -0.39 is 0 Å². The van der Waals surface area contributed by atoms with Gasteiger partial charge in [-0.15, -0.1) is 0 Å². The van der Waals surface area contributed by atoms with Crippen LogP contribution in [0.25, 0.3) is 0 Å². The maximum absolute atomic E-state index is 5.78. The molecule has 0 N–H and O–H groups in total. The van der Waals surface area contributed by atoms with Gasteiger partial charge in [0.1, 0.15) is 0 Å². The largest absolute Gasteiger partial charge is 0.271 e. The van der Waals surface area contributed by atoms with Crippen LogP contribution < -0.4 is 0 Å². The lowest BCUT2D eigenvalue weighted by Crippen LogP contribution is -2.28. The van der Waals surface area contributed by atoms with Crippen molar-refractivity contribution in [2.45, 2.75) is 70.6 Å². The Morgan fingerprint density at radius 2 is 1.77 bits per heavy atom. The van der Waals surface area contributed by atoms with Crippen LogP contribution in [0.1, 0.15) is 58.8 Å². The molecule has 2 aliphatic rings. The van der Waals surface area contributed by atoms with Gasteiger partial charge in [-0.25, -0.2) is 0 Å². The lowest BCUT2D eigenvalue weighted by molar-refractivity contribution is 0.119. The molecule has 1 unspecified atom stereocenters. The number of hydroxylamine groups is 2. The number of hydrogen-bond donors (Lipinski definition) is 0. The standard InChI is InChI=1S/C11H21NO/c1-3-11(4-2)12(13-11)10-8-6-5-7-9-10/h10H,3-9H2,1-2H3.